The van der Waals surface area contributed by atoms with Crippen molar-refractivity contribution in [2.75, 3.05) is 5.32 Å². The number of aromatic amines is 1. The summed E-state index contributed by atoms with van der Waals surface area (Å²) < 4.78 is 14.3. The molecule has 0 fully saturated rings. The Kier molecular flexibility index (Phi) is 4.32. The number of nitrogens with zero attached hydrogens (tertiary/aromatic N) is 2. The number of H-pyrrole nitrogens is 1. The number of hydrogen-bond acceptors (Lipinski definition) is 5. The van der Waals surface area contributed by atoms with Crippen LogP contribution < -0.4 is 16.2 Å². The van der Waals surface area contributed by atoms with E-state index in [9.17, 15) is 9.18 Å². The van der Waals surface area contributed by atoms with E-state index in [0.29, 0.717) is 17.9 Å². The molecule has 0 unspecified atom stereocenters. The predicted octanol–water partition coefficient (Wildman–Crippen LogP) is 1.94. The first-order valence-electron chi connectivity index (χ1n) is 6.56. The van der Waals surface area contributed by atoms with E-state index in [-0.39, 0.29) is 16.9 Å². The maximum atomic E-state index is 14.3. The summed E-state index contributed by atoms with van der Waals surface area (Å²) in [4.78, 5) is 14.9. The molecule has 0 aliphatic rings. The van der Waals surface area contributed by atoms with Crippen LogP contribution >= 0.6 is 0 Å². The van der Waals surface area contributed by atoms with Gasteiger partial charge in [0.1, 0.15) is 0 Å². The molecule has 112 valence electrons. The van der Waals surface area contributed by atoms with E-state index in [0.717, 1.165) is 0 Å². The van der Waals surface area contributed by atoms with E-state index in [1.165, 1.54) is 18.3 Å². The van der Waals surface area contributed by atoms with Gasteiger partial charge in [-0.3, -0.25) is 4.79 Å². The molecule has 0 radical (unpaired) electrons. The summed E-state index contributed by atoms with van der Waals surface area (Å²) in [6.07, 6.45) is 1.52. The quantitative estimate of drug-likeness (QED) is 0.802. The van der Waals surface area contributed by atoms with Crippen LogP contribution in [0.25, 0.3) is 0 Å². The summed E-state index contributed by atoms with van der Waals surface area (Å²) in [5, 5.41) is 12.0. The molecule has 2 aromatic rings. The average molecular weight is 291 g/mol. The van der Waals surface area contributed by atoms with Crippen LogP contribution in [0.2, 0.25) is 0 Å². The maximum absolute atomic E-state index is 14.3. The molecule has 6 nitrogen and oxygen atoms in total. The van der Waals surface area contributed by atoms with Gasteiger partial charge in [0, 0.05) is 29.9 Å². The van der Waals surface area contributed by atoms with Crippen LogP contribution in [0.4, 0.5) is 16.0 Å². The molecule has 0 bridgehead atoms. The van der Waals surface area contributed by atoms with Gasteiger partial charge in [-0.2, -0.15) is 5.10 Å². The van der Waals surface area contributed by atoms with E-state index in [1.54, 1.807) is 6.07 Å². The SMILES string of the molecule is CC(C)(C)NCc1ccnc(Nc2ccc(=O)[nH]n2)c1F. The highest BCUT2D eigenvalue weighted by Gasteiger charge is 2.13. The number of nitrogens with one attached hydrogen (secondary N) is 3. The minimum Gasteiger partial charge on any atom is -0.321 e. The van der Waals surface area contributed by atoms with Crippen molar-refractivity contribution in [3.63, 3.8) is 0 Å². The first-order chi connectivity index (χ1) is 9.85. The fourth-order valence-electron chi connectivity index (χ4n) is 1.60. The normalized spacial score (nSPS) is 11.4. The molecule has 0 spiro atoms. The molecule has 2 rings (SSSR count). The third-order valence-electron chi connectivity index (χ3n) is 2.70. The number of anilines is 2. The van der Waals surface area contributed by atoms with E-state index >= 15 is 0 Å². The Hall–Kier alpha value is -2.28. The monoisotopic (exact) mass is 291 g/mol. The van der Waals surface area contributed by atoms with Crippen LogP contribution in [0.5, 0.6) is 0 Å². The van der Waals surface area contributed by atoms with E-state index in [1.807, 2.05) is 20.8 Å². The van der Waals surface area contributed by atoms with Gasteiger partial charge >= 0.3 is 0 Å². The zero-order valence-electron chi connectivity index (χ0n) is 12.2. The second-order valence-electron chi connectivity index (χ2n) is 5.67. The highest BCUT2D eigenvalue weighted by Crippen LogP contribution is 2.18. The predicted molar refractivity (Wildman–Crippen MR) is 78.9 cm³/mol. The smallest absolute Gasteiger partial charge is 0.264 e. The van der Waals surface area contributed by atoms with E-state index in [4.69, 9.17) is 0 Å². The van der Waals surface area contributed by atoms with Crippen molar-refractivity contribution in [1.29, 1.82) is 0 Å². The highest BCUT2D eigenvalue weighted by atomic mass is 19.1. The Labute approximate surface area is 121 Å². The number of pyridine rings is 1. The zero-order valence-corrected chi connectivity index (χ0v) is 12.2. The lowest BCUT2D eigenvalue weighted by Crippen LogP contribution is -2.35. The summed E-state index contributed by atoms with van der Waals surface area (Å²) in [6, 6.07) is 4.39. The van der Waals surface area contributed by atoms with Crippen molar-refractivity contribution in [2.24, 2.45) is 0 Å². The fourth-order valence-corrected chi connectivity index (χ4v) is 1.60. The molecule has 21 heavy (non-hydrogen) atoms. The summed E-state index contributed by atoms with van der Waals surface area (Å²) in [5.41, 5.74) is 0.0769. The Morgan fingerprint density at radius 3 is 2.67 bits per heavy atom. The third kappa shape index (κ3) is 4.35. The van der Waals surface area contributed by atoms with E-state index < -0.39 is 5.82 Å². The summed E-state index contributed by atoms with van der Waals surface area (Å²) in [6.45, 7) is 6.42. The summed E-state index contributed by atoms with van der Waals surface area (Å²) in [7, 11) is 0. The Morgan fingerprint density at radius 2 is 2.05 bits per heavy atom. The fraction of sp³-hybridized carbons (Fsp3) is 0.357. The van der Waals surface area contributed by atoms with Gasteiger partial charge < -0.3 is 10.6 Å². The highest BCUT2D eigenvalue weighted by molar-refractivity contribution is 5.52. The van der Waals surface area contributed by atoms with Gasteiger partial charge in [-0.05, 0) is 32.9 Å². The second-order valence-corrected chi connectivity index (χ2v) is 5.67. The van der Waals surface area contributed by atoms with Crippen molar-refractivity contribution < 1.29 is 4.39 Å². The van der Waals surface area contributed by atoms with Crippen LogP contribution in [0.1, 0.15) is 26.3 Å². The Morgan fingerprint density at radius 1 is 1.29 bits per heavy atom. The van der Waals surface area contributed by atoms with Crippen LogP contribution in [0.3, 0.4) is 0 Å². The zero-order chi connectivity index (χ0) is 15.5. The minimum atomic E-state index is -0.442. The maximum Gasteiger partial charge on any atom is 0.264 e. The van der Waals surface area contributed by atoms with Gasteiger partial charge in [-0.25, -0.2) is 14.5 Å². The molecule has 0 amide bonds. The topological polar surface area (TPSA) is 82.7 Å². The third-order valence-corrected chi connectivity index (χ3v) is 2.70. The first-order valence-corrected chi connectivity index (χ1v) is 6.56. The van der Waals surface area contributed by atoms with Crippen LogP contribution in [0, 0.1) is 5.82 Å². The van der Waals surface area contributed by atoms with Gasteiger partial charge in [0.2, 0.25) is 0 Å². The Bertz CT molecular complexity index is 657. The average Bonchev–Trinajstić information content (AvgIpc) is 2.41. The molecule has 0 atom stereocenters. The minimum absolute atomic E-state index is 0.0720. The van der Waals surface area contributed by atoms with Gasteiger partial charge in [0.25, 0.3) is 5.56 Å². The van der Waals surface area contributed by atoms with Crippen molar-refractivity contribution in [3.05, 3.63) is 46.1 Å². The first kappa shape index (κ1) is 15.1. The molecule has 0 aliphatic carbocycles. The molecular formula is C14H18FN5O. The van der Waals surface area contributed by atoms with Crippen molar-refractivity contribution in [3.8, 4) is 0 Å². The van der Waals surface area contributed by atoms with Crippen LogP contribution in [-0.2, 0) is 6.54 Å². The lowest BCUT2D eigenvalue weighted by molar-refractivity contribution is 0.418. The molecule has 2 heterocycles. The number of aromatic nitrogens is 3. The summed E-state index contributed by atoms with van der Waals surface area (Å²) in [5.74, 6) is -0.0491. The molecule has 0 aliphatic heterocycles. The Balaban J connectivity index is 2.17. The van der Waals surface area contributed by atoms with Crippen LogP contribution in [0.15, 0.2) is 29.2 Å². The molecule has 3 N–H and O–H groups in total. The molecule has 0 saturated carbocycles. The number of rotatable bonds is 4. The number of hydrogen-bond donors (Lipinski definition) is 3. The van der Waals surface area contributed by atoms with E-state index in [2.05, 4.69) is 25.8 Å². The van der Waals surface area contributed by atoms with Crippen LogP contribution in [-0.4, -0.2) is 20.7 Å². The lowest BCUT2D eigenvalue weighted by Gasteiger charge is -2.21. The van der Waals surface area contributed by atoms with Gasteiger partial charge in [0.05, 0.1) is 0 Å². The molecule has 0 saturated heterocycles. The summed E-state index contributed by atoms with van der Waals surface area (Å²) >= 11 is 0. The van der Waals surface area contributed by atoms with Gasteiger partial charge in [0.15, 0.2) is 17.5 Å². The standard InChI is InChI=1S/C14H18FN5O/c1-14(2,3)17-8-9-6-7-16-13(12(9)15)18-10-4-5-11(21)20-19-10/h4-7,17H,8H2,1-3H3,(H,20,21)(H,16,18,19). The largest absolute Gasteiger partial charge is 0.321 e. The van der Waals surface area contributed by atoms with Gasteiger partial charge in [-0.15, -0.1) is 0 Å². The molecule has 7 heteroatoms. The molecule has 2 aromatic heterocycles. The number of halogens is 1. The molecular weight excluding hydrogens is 273 g/mol. The molecule has 0 aromatic carbocycles. The van der Waals surface area contributed by atoms with Crippen molar-refractivity contribution >= 4 is 11.6 Å². The van der Waals surface area contributed by atoms with Gasteiger partial charge in [-0.1, -0.05) is 0 Å². The lowest BCUT2D eigenvalue weighted by atomic mass is 10.1. The second kappa shape index (κ2) is 6.01. The van der Waals surface area contributed by atoms with Crippen molar-refractivity contribution in [1.82, 2.24) is 20.5 Å². The van der Waals surface area contributed by atoms with Crippen molar-refractivity contribution in [2.45, 2.75) is 32.9 Å².